The van der Waals surface area contributed by atoms with Crippen LogP contribution in [-0.2, 0) is 4.84 Å². The molecule has 0 aromatic heterocycles. The molecule has 1 aromatic carbocycles. The smallest absolute Gasteiger partial charge is 0.266 e. The van der Waals surface area contributed by atoms with Gasteiger partial charge in [0, 0.05) is 0 Å². The predicted molar refractivity (Wildman–Crippen MR) is 43.8 cm³/mol. The van der Waals surface area contributed by atoms with Crippen LogP contribution in [0.25, 0.3) is 0 Å². The van der Waals surface area contributed by atoms with E-state index in [4.69, 9.17) is 0 Å². The number of benzene rings is 1. The minimum absolute atomic E-state index is 0.00963. The highest BCUT2D eigenvalue weighted by Gasteiger charge is 2.44. The van der Waals surface area contributed by atoms with Crippen molar-refractivity contribution in [3.8, 4) is 0 Å². The van der Waals surface area contributed by atoms with Crippen LogP contribution in [0.4, 0.5) is 17.6 Å². The van der Waals surface area contributed by atoms with E-state index in [1.54, 1.807) is 0 Å². The van der Waals surface area contributed by atoms with Gasteiger partial charge in [0.05, 0.1) is 18.2 Å². The quantitative estimate of drug-likeness (QED) is 0.327. The number of hydrogen-bond donors (Lipinski definition) is 0. The number of halogens is 4. The van der Waals surface area contributed by atoms with Crippen molar-refractivity contribution < 1.29 is 32.0 Å². The van der Waals surface area contributed by atoms with Crippen LogP contribution in [0.15, 0.2) is 0 Å². The minimum atomic E-state index is -2.15. The molecule has 2 rings (SSSR count). The molecular weight excluding hydrogens is 246 g/mol. The summed E-state index contributed by atoms with van der Waals surface area (Å²) in [5.41, 5.74) is -2.35. The molecular formula is C9H3F4NO3. The zero-order valence-corrected chi connectivity index (χ0v) is 8.18. The summed E-state index contributed by atoms with van der Waals surface area (Å²) in [6.45, 7) is 0. The molecule has 0 atom stereocenters. The maximum absolute atomic E-state index is 13.2. The predicted octanol–water partition coefficient (Wildman–Crippen LogP) is 1.40. The summed E-state index contributed by atoms with van der Waals surface area (Å²) in [5.74, 6) is -10.9. The summed E-state index contributed by atoms with van der Waals surface area (Å²) < 4.78 is 52.2. The normalized spacial score (nSPS) is 14.5. The maximum atomic E-state index is 13.2. The third-order valence-electron chi connectivity index (χ3n) is 2.25. The van der Waals surface area contributed by atoms with Crippen molar-refractivity contribution in [1.29, 1.82) is 0 Å². The van der Waals surface area contributed by atoms with Gasteiger partial charge >= 0.3 is 0 Å². The van der Waals surface area contributed by atoms with Gasteiger partial charge in [-0.1, -0.05) is 0 Å². The molecule has 0 radical (unpaired) electrons. The van der Waals surface area contributed by atoms with E-state index in [1.807, 2.05) is 0 Å². The number of amides is 2. The number of rotatable bonds is 1. The van der Waals surface area contributed by atoms with Gasteiger partial charge in [0.25, 0.3) is 11.8 Å². The molecule has 0 saturated carbocycles. The molecule has 1 aliphatic heterocycles. The highest BCUT2D eigenvalue weighted by atomic mass is 19.2. The molecule has 1 heterocycles. The van der Waals surface area contributed by atoms with Crippen LogP contribution in [0, 0.1) is 23.3 Å². The lowest BCUT2D eigenvalue weighted by molar-refractivity contribution is -0.0648. The monoisotopic (exact) mass is 249 g/mol. The lowest BCUT2D eigenvalue weighted by atomic mass is 10.1. The topological polar surface area (TPSA) is 46.6 Å². The Morgan fingerprint density at radius 1 is 0.824 bits per heavy atom. The number of imide groups is 1. The number of nitrogens with zero attached hydrogens (tertiary/aromatic N) is 1. The highest BCUT2D eigenvalue weighted by molar-refractivity contribution is 6.20. The average molecular weight is 249 g/mol. The zero-order chi connectivity index (χ0) is 12.9. The summed E-state index contributed by atoms with van der Waals surface area (Å²) in [4.78, 5) is 27.0. The lowest BCUT2D eigenvalue weighted by Gasteiger charge is -2.07. The molecule has 0 bridgehead atoms. The van der Waals surface area contributed by atoms with Gasteiger partial charge in [0.15, 0.2) is 23.3 Å². The van der Waals surface area contributed by atoms with Gasteiger partial charge < -0.3 is 0 Å². The van der Waals surface area contributed by atoms with E-state index in [0.29, 0.717) is 0 Å². The fourth-order valence-corrected chi connectivity index (χ4v) is 1.49. The SMILES string of the molecule is CON1C(=O)c2c(F)c(F)c(F)c(F)c2C1=O. The first-order valence-corrected chi connectivity index (χ1v) is 4.20. The number of carbonyl (C=O) groups is 2. The van der Waals surface area contributed by atoms with E-state index in [0.717, 1.165) is 7.11 Å². The average Bonchev–Trinajstić information content (AvgIpc) is 2.55. The Morgan fingerprint density at radius 2 is 1.18 bits per heavy atom. The molecule has 0 spiro atoms. The first-order valence-electron chi connectivity index (χ1n) is 4.20. The Bertz CT molecular complexity index is 511. The molecule has 8 heteroatoms. The first kappa shape index (κ1) is 11.5. The first-order chi connectivity index (χ1) is 7.91. The van der Waals surface area contributed by atoms with Gasteiger partial charge in [-0.15, -0.1) is 5.06 Å². The largest absolute Gasteiger partial charge is 0.289 e. The van der Waals surface area contributed by atoms with Crippen LogP contribution in [0.2, 0.25) is 0 Å². The molecule has 0 N–H and O–H groups in total. The van der Waals surface area contributed by atoms with Gasteiger partial charge in [0.2, 0.25) is 0 Å². The molecule has 0 aliphatic carbocycles. The Labute approximate surface area is 91.3 Å². The zero-order valence-electron chi connectivity index (χ0n) is 8.18. The van der Waals surface area contributed by atoms with Gasteiger partial charge in [-0.2, -0.15) is 0 Å². The van der Waals surface area contributed by atoms with E-state index in [-0.39, 0.29) is 5.06 Å². The Morgan fingerprint density at radius 3 is 1.47 bits per heavy atom. The van der Waals surface area contributed by atoms with Crippen molar-refractivity contribution in [1.82, 2.24) is 5.06 Å². The Kier molecular flexibility index (Phi) is 2.39. The second-order valence-electron chi connectivity index (χ2n) is 3.09. The van der Waals surface area contributed by atoms with Crippen LogP contribution >= 0.6 is 0 Å². The van der Waals surface area contributed by atoms with Crippen LogP contribution in [0.1, 0.15) is 20.7 Å². The highest BCUT2D eigenvalue weighted by Crippen LogP contribution is 2.31. The fourth-order valence-electron chi connectivity index (χ4n) is 1.49. The van der Waals surface area contributed by atoms with Crippen LogP contribution in [0.5, 0.6) is 0 Å². The summed E-state index contributed by atoms with van der Waals surface area (Å²) in [7, 11) is 0.893. The lowest BCUT2D eigenvalue weighted by Crippen LogP contribution is -2.28. The molecule has 0 saturated heterocycles. The summed E-state index contributed by atoms with van der Waals surface area (Å²) >= 11 is 0. The third-order valence-corrected chi connectivity index (χ3v) is 2.25. The molecule has 2 amide bonds. The van der Waals surface area contributed by atoms with E-state index in [1.165, 1.54) is 0 Å². The molecule has 90 valence electrons. The molecule has 0 unspecified atom stereocenters. The van der Waals surface area contributed by atoms with Crippen molar-refractivity contribution in [2.75, 3.05) is 7.11 Å². The van der Waals surface area contributed by atoms with E-state index < -0.39 is 46.2 Å². The second kappa shape index (κ2) is 3.52. The van der Waals surface area contributed by atoms with Crippen molar-refractivity contribution >= 4 is 11.8 Å². The molecule has 1 aromatic rings. The van der Waals surface area contributed by atoms with Crippen molar-refractivity contribution in [2.24, 2.45) is 0 Å². The van der Waals surface area contributed by atoms with E-state index in [9.17, 15) is 27.2 Å². The number of carbonyl (C=O) groups excluding carboxylic acids is 2. The Balaban J connectivity index is 2.84. The number of fused-ring (bicyclic) bond motifs is 1. The van der Waals surface area contributed by atoms with Crippen molar-refractivity contribution in [3.63, 3.8) is 0 Å². The van der Waals surface area contributed by atoms with Crippen LogP contribution in [-0.4, -0.2) is 24.0 Å². The second-order valence-corrected chi connectivity index (χ2v) is 3.09. The molecule has 1 aliphatic rings. The van der Waals surface area contributed by atoms with Crippen molar-refractivity contribution in [2.45, 2.75) is 0 Å². The van der Waals surface area contributed by atoms with E-state index in [2.05, 4.69) is 4.84 Å². The minimum Gasteiger partial charge on any atom is -0.266 e. The summed E-state index contributed by atoms with van der Waals surface area (Å²) in [5, 5.41) is 0.00963. The summed E-state index contributed by atoms with van der Waals surface area (Å²) in [6.07, 6.45) is 0. The standard InChI is InChI=1S/C9H3F4NO3/c1-17-14-8(15)2-3(9(14)16)5(11)7(13)6(12)4(2)10/h1H3. The van der Waals surface area contributed by atoms with Gasteiger partial charge in [-0.25, -0.2) is 17.6 Å². The van der Waals surface area contributed by atoms with Crippen LogP contribution in [0.3, 0.4) is 0 Å². The number of hydroxylamine groups is 2. The van der Waals surface area contributed by atoms with Crippen molar-refractivity contribution in [3.05, 3.63) is 34.4 Å². The fraction of sp³-hybridized carbons (Fsp3) is 0.111. The molecule has 17 heavy (non-hydrogen) atoms. The third kappa shape index (κ3) is 1.27. The van der Waals surface area contributed by atoms with E-state index >= 15 is 0 Å². The Hall–Kier alpha value is -1.96. The number of hydrogen-bond acceptors (Lipinski definition) is 3. The van der Waals surface area contributed by atoms with Gasteiger partial charge in [-0.3, -0.25) is 14.4 Å². The van der Waals surface area contributed by atoms with Gasteiger partial charge in [-0.05, 0) is 0 Å². The maximum Gasteiger partial charge on any atom is 0.289 e. The molecule has 0 fully saturated rings. The summed E-state index contributed by atoms with van der Waals surface area (Å²) in [6, 6.07) is 0. The van der Waals surface area contributed by atoms with Crippen LogP contribution < -0.4 is 0 Å². The molecule has 4 nitrogen and oxygen atoms in total. The van der Waals surface area contributed by atoms with Gasteiger partial charge in [0.1, 0.15) is 0 Å².